The molecule has 4 aromatic rings. The summed E-state index contributed by atoms with van der Waals surface area (Å²) in [5.74, 6) is -0.0686. The molecule has 0 radical (unpaired) electrons. The van der Waals surface area contributed by atoms with Gasteiger partial charge in [-0.2, -0.15) is 0 Å². The first kappa shape index (κ1) is 27.0. The lowest BCUT2D eigenvalue weighted by Crippen LogP contribution is -2.51. The van der Waals surface area contributed by atoms with E-state index in [4.69, 9.17) is 27.9 Å². The van der Waals surface area contributed by atoms with Crippen molar-refractivity contribution in [3.8, 4) is 5.75 Å². The molecule has 0 aliphatic heterocycles. The Bertz CT molecular complexity index is 1420. The van der Waals surface area contributed by atoms with Crippen molar-refractivity contribution in [3.05, 3.63) is 111 Å². The second-order valence-electron chi connectivity index (χ2n) is 8.48. The molecule has 5 nitrogen and oxygen atoms in total. The van der Waals surface area contributed by atoms with E-state index in [-0.39, 0.29) is 25.0 Å². The van der Waals surface area contributed by atoms with Crippen LogP contribution in [0.4, 0.5) is 0 Å². The number of carbonyl (C=O) groups excluding carboxylic acids is 2. The van der Waals surface area contributed by atoms with Gasteiger partial charge in [-0.1, -0.05) is 89.9 Å². The van der Waals surface area contributed by atoms with Gasteiger partial charge < -0.3 is 15.0 Å². The Labute approximate surface area is 234 Å². The van der Waals surface area contributed by atoms with Crippen molar-refractivity contribution in [2.75, 3.05) is 13.7 Å². The molecule has 0 saturated carbocycles. The SMILES string of the molecule is CNC(=O)[C@@H](Cc1ccccc1)N(Cc1ccc(Cl)c(Cl)c1)C(=O)COc1ccc2ccccc2c1Br. The molecule has 8 heteroatoms. The van der Waals surface area contributed by atoms with Crippen LogP contribution in [0.1, 0.15) is 11.1 Å². The maximum Gasteiger partial charge on any atom is 0.261 e. The van der Waals surface area contributed by atoms with Gasteiger partial charge in [-0.05, 0) is 56.0 Å². The second-order valence-corrected chi connectivity index (χ2v) is 10.1. The zero-order chi connectivity index (χ0) is 26.4. The summed E-state index contributed by atoms with van der Waals surface area (Å²) in [6.45, 7) is -0.0938. The number of hydrogen-bond donors (Lipinski definition) is 1. The van der Waals surface area contributed by atoms with Crippen LogP contribution in [0.5, 0.6) is 5.75 Å². The molecule has 0 spiro atoms. The molecule has 0 saturated heterocycles. The summed E-state index contributed by atoms with van der Waals surface area (Å²) in [6.07, 6.45) is 0.341. The highest BCUT2D eigenvalue weighted by molar-refractivity contribution is 9.10. The van der Waals surface area contributed by atoms with Crippen LogP contribution in [0.2, 0.25) is 10.0 Å². The summed E-state index contributed by atoms with van der Waals surface area (Å²) in [7, 11) is 1.56. The van der Waals surface area contributed by atoms with Crippen molar-refractivity contribution >= 4 is 61.7 Å². The summed E-state index contributed by atoms with van der Waals surface area (Å²) in [5.41, 5.74) is 1.68. The quantitative estimate of drug-likeness (QED) is 0.234. The Balaban J connectivity index is 1.63. The van der Waals surface area contributed by atoms with Crippen molar-refractivity contribution in [3.63, 3.8) is 0 Å². The Kier molecular flexibility index (Phi) is 9.09. The van der Waals surface area contributed by atoms with Gasteiger partial charge in [0.05, 0.1) is 14.5 Å². The third kappa shape index (κ3) is 6.63. The van der Waals surface area contributed by atoms with E-state index in [1.807, 2.05) is 66.7 Å². The average Bonchev–Trinajstić information content (AvgIpc) is 2.92. The maximum atomic E-state index is 13.6. The van der Waals surface area contributed by atoms with Crippen molar-refractivity contribution in [2.45, 2.75) is 19.0 Å². The smallest absolute Gasteiger partial charge is 0.261 e. The van der Waals surface area contributed by atoms with Gasteiger partial charge in [0.15, 0.2) is 6.61 Å². The minimum atomic E-state index is -0.766. The third-order valence-corrected chi connectivity index (χ3v) is 7.59. The van der Waals surface area contributed by atoms with E-state index in [0.29, 0.717) is 22.2 Å². The molecule has 0 heterocycles. The van der Waals surface area contributed by atoms with Crippen LogP contribution in [0.15, 0.2) is 89.4 Å². The Morgan fingerprint density at radius 2 is 1.65 bits per heavy atom. The van der Waals surface area contributed by atoms with Crippen molar-refractivity contribution in [1.29, 1.82) is 0 Å². The molecule has 0 aliphatic carbocycles. The van der Waals surface area contributed by atoms with Crippen LogP contribution >= 0.6 is 39.1 Å². The number of nitrogens with zero attached hydrogens (tertiary/aromatic N) is 1. The number of halogens is 3. The summed E-state index contributed by atoms with van der Waals surface area (Å²) in [6, 6.07) is 25.6. The fraction of sp³-hybridized carbons (Fsp3) is 0.172. The lowest BCUT2D eigenvalue weighted by Gasteiger charge is -2.31. The van der Waals surface area contributed by atoms with Crippen LogP contribution < -0.4 is 10.1 Å². The predicted molar refractivity (Wildman–Crippen MR) is 152 cm³/mol. The predicted octanol–water partition coefficient (Wildman–Crippen LogP) is 6.67. The molecule has 190 valence electrons. The molecule has 0 bridgehead atoms. The highest BCUT2D eigenvalue weighted by Gasteiger charge is 2.30. The van der Waals surface area contributed by atoms with Gasteiger partial charge in [-0.15, -0.1) is 0 Å². The van der Waals surface area contributed by atoms with E-state index < -0.39 is 6.04 Å². The Hall–Kier alpha value is -3.06. The molecule has 0 unspecified atom stereocenters. The summed E-state index contributed by atoms with van der Waals surface area (Å²) < 4.78 is 6.73. The third-order valence-electron chi connectivity index (χ3n) is 6.03. The highest BCUT2D eigenvalue weighted by Crippen LogP contribution is 2.33. The number of ether oxygens (including phenoxy) is 1. The van der Waals surface area contributed by atoms with Crippen LogP contribution in [0.25, 0.3) is 10.8 Å². The molecule has 1 N–H and O–H groups in total. The summed E-state index contributed by atoms with van der Waals surface area (Å²) in [4.78, 5) is 28.2. The fourth-order valence-corrected chi connectivity index (χ4v) is 5.03. The average molecular weight is 600 g/mol. The van der Waals surface area contributed by atoms with Gasteiger partial charge >= 0.3 is 0 Å². The molecule has 1 atom stereocenters. The van der Waals surface area contributed by atoms with Gasteiger partial charge in [-0.25, -0.2) is 0 Å². The molecular formula is C29H25BrCl2N2O3. The van der Waals surface area contributed by atoms with E-state index in [0.717, 1.165) is 26.4 Å². The van der Waals surface area contributed by atoms with E-state index in [1.165, 1.54) is 4.90 Å². The van der Waals surface area contributed by atoms with E-state index in [9.17, 15) is 9.59 Å². The van der Waals surface area contributed by atoms with Crippen molar-refractivity contribution < 1.29 is 14.3 Å². The van der Waals surface area contributed by atoms with Gasteiger partial charge in [0, 0.05) is 20.0 Å². The van der Waals surface area contributed by atoms with Crippen LogP contribution in [0, 0.1) is 0 Å². The first-order valence-electron chi connectivity index (χ1n) is 11.7. The number of nitrogens with one attached hydrogen (secondary N) is 1. The minimum absolute atomic E-state index is 0.156. The molecule has 4 rings (SSSR count). The molecule has 37 heavy (non-hydrogen) atoms. The zero-order valence-electron chi connectivity index (χ0n) is 20.1. The lowest BCUT2D eigenvalue weighted by atomic mass is 10.0. The number of benzene rings is 4. The van der Waals surface area contributed by atoms with Gasteiger partial charge in [-0.3, -0.25) is 9.59 Å². The number of carbonyl (C=O) groups is 2. The lowest BCUT2D eigenvalue weighted by molar-refractivity contribution is -0.142. The molecule has 4 aromatic carbocycles. The standard InChI is InChI=1S/C29H25BrCl2N2O3/c1-33-29(36)25(16-19-7-3-2-4-8-19)34(17-20-11-13-23(31)24(32)15-20)27(35)18-37-26-14-12-21-9-5-6-10-22(21)28(26)30/h2-15,25H,16-18H2,1H3,(H,33,36)/t25-/m1/s1. The van der Waals surface area contributed by atoms with E-state index in [1.54, 1.807) is 25.2 Å². The van der Waals surface area contributed by atoms with Crippen LogP contribution in [-0.4, -0.2) is 36.4 Å². The van der Waals surface area contributed by atoms with Crippen LogP contribution in [-0.2, 0) is 22.6 Å². The van der Waals surface area contributed by atoms with Crippen molar-refractivity contribution in [1.82, 2.24) is 10.2 Å². The molecule has 2 amide bonds. The normalized spacial score (nSPS) is 11.7. The minimum Gasteiger partial charge on any atom is -0.483 e. The van der Waals surface area contributed by atoms with Gasteiger partial charge in [0.2, 0.25) is 5.91 Å². The Morgan fingerprint density at radius 1 is 0.919 bits per heavy atom. The summed E-state index contributed by atoms with van der Waals surface area (Å²) in [5, 5.41) is 5.53. The zero-order valence-corrected chi connectivity index (χ0v) is 23.2. The Morgan fingerprint density at radius 3 is 2.38 bits per heavy atom. The number of amides is 2. The fourth-order valence-electron chi connectivity index (χ4n) is 4.10. The number of hydrogen-bond acceptors (Lipinski definition) is 3. The van der Waals surface area contributed by atoms with Crippen LogP contribution in [0.3, 0.4) is 0 Å². The first-order valence-corrected chi connectivity index (χ1v) is 13.2. The maximum absolute atomic E-state index is 13.6. The highest BCUT2D eigenvalue weighted by atomic mass is 79.9. The largest absolute Gasteiger partial charge is 0.483 e. The molecular weight excluding hydrogens is 575 g/mol. The number of fused-ring (bicyclic) bond motifs is 1. The van der Waals surface area contributed by atoms with Crippen molar-refractivity contribution in [2.24, 2.45) is 0 Å². The topological polar surface area (TPSA) is 58.6 Å². The second kappa shape index (κ2) is 12.5. The molecule has 0 aliphatic rings. The van der Waals surface area contributed by atoms with E-state index in [2.05, 4.69) is 21.2 Å². The molecule has 0 fully saturated rings. The number of likely N-dealkylation sites (N-methyl/N-ethyl adjacent to an activating group) is 1. The molecule has 0 aromatic heterocycles. The van der Waals surface area contributed by atoms with E-state index >= 15 is 0 Å². The monoisotopic (exact) mass is 598 g/mol. The van der Waals surface area contributed by atoms with Gasteiger partial charge in [0.25, 0.3) is 5.91 Å². The van der Waals surface area contributed by atoms with Gasteiger partial charge in [0.1, 0.15) is 11.8 Å². The number of rotatable bonds is 9. The summed E-state index contributed by atoms with van der Waals surface area (Å²) >= 11 is 15.9. The first-order chi connectivity index (χ1) is 17.9.